The van der Waals surface area contributed by atoms with Crippen LogP contribution in [0.4, 0.5) is 4.39 Å². The number of carbonyl (C=O) groups is 1. The van der Waals surface area contributed by atoms with Crippen molar-refractivity contribution in [2.24, 2.45) is 0 Å². The number of benzene rings is 1. The second-order valence-corrected chi connectivity index (χ2v) is 5.20. The van der Waals surface area contributed by atoms with Crippen LogP contribution in [-0.2, 0) is 0 Å². The van der Waals surface area contributed by atoms with E-state index in [0.717, 1.165) is 0 Å². The van der Waals surface area contributed by atoms with Gasteiger partial charge in [0.05, 0.1) is 0 Å². The van der Waals surface area contributed by atoms with Crippen molar-refractivity contribution >= 4 is 23.2 Å². The molecule has 0 aliphatic rings. The third kappa shape index (κ3) is 5.09. The van der Waals surface area contributed by atoms with Crippen molar-refractivity contribution in [1.82, 2.24) is 16.2 Å². The first-order valence-corrected chi connectivity index (χ1v) is 5.83. The summed E-state index contributed by atoms with van der Waals surface area (Å²) in [5.41, 5.74) is 5.16. The summed E-state index contributed by atoms with van der Waals surface area (Å²) < 4.78 is 12.7. The molecule has 1 aromatic carbocycles. The second kappa shape index (κ2) is 5.77. The van der Waals surface area contributed by atoms with Crippen LogP contribution >= 0.6 is 12.2 Å². The van der Waals surface area contributed by atoms with Gasteiger partial charge >= 0.3 is 0 Å². The highest BCUT2D eigenvalue weighted by Crippen LogP contribution is 2.02. The summed E-state index contributed by atoms with van der Waals surface area (Å²) in [6.45, 7) is 5.84. The molecule has 0 saturated carbocycles. The Labute approximate surface area is 111 Å². The number of hydrogen-bond donors (Lipinski definition) is 3. The molecule has 0 fully saturated rings. The molecule has 0 bridgehead atoms. The van der Waals surface area contributed by atoms with Crippen LogP contribution in [0.2, 0.25) is 0 Å². The van der Waals surface area contributed by atoms with Gasteiger partial charge in [0.15, 0.2) is 5.11 Å². The molecular formula is C12H16FN3OS. The fourth-order valence-electron chi connectivity index (χ4n) is 1.16. The van der Waals surface area contributed by atoms with Gasteiger partial charge in [-0.3, -0.25) is 15.6 Å². The van der Waals surface area contributed by atoms with Gasteiger partial charge in [-0.2, -0.15) is 0 Å². The summed E-state index contributed by atoms with van der Waals surface area (Å²) >= 11 is 4.99. The number of rotatable bonds is 1. The van der Waals surface area contributed by atoms with Crippen molar-refractivity contribution in [3.05, 3.63) is 35.6 Å². The molecule has 0 atom stereocenters. The van der Waals surface area contributed by atoms with Gasteiger partial charge in [-0.1, -0.05) is 0 Å². The largest absolute Gasteiger partial charge is 0.357 e. The van der Waals surface area contributed by atoms with Crippen molar-refractivity contribution in [3.8, 4) is 0 Å². The molecule has 1 rings (SSSR count). The maximum absolute atomic E-state index is 12.7. The summed E-state index contributed by atoms with van der Waals surface area (Å²) in [5, 5.41) is 3.30. The maximum Gasteiger partial charge on any atom is 0.269 e. The topological polar surface area (TPSA) is 53.2 Å². The van der Waals surface area contributed by atoms with E-state index in [1.807, 2.05) is 20.8 Å². The normalized spacial score (nSPS) is 10.7. The number of hydrogen-bond acceptors (Lipinski definition) is 2. The van der Waals surface area contributed by atoms with Gasteiger partial charge in [0.2, 0.25) is 0 Å². The van der Waals surface area contributed by atoms with Crippen molar-refractivity contribution < 1.29 is 9.18 Å². The number of thiocarbonyl (C=S) groups is 1. The summed E-state index contributed by atoms with van der Waals surface area (Å²) in [6.07, 6.45) is 0. The van der Waals surface area contributed by atoms with Gasteiger partial charge in [-0.25, -0.2) is 4.39 Å². The zero-order valence-electron chi connectivity index (χ0n) is 10.5. The highest BCUT2D eigenvalue weighted by atomic mass is 32.1. The molecule has 0 aliphatic carbocycles. The average Bonchev–Trinajstić information content (AvgIpc) is 2.24. The Bertz CT molecular complexity index is 440. The van der Waals surface area contributed by atoms with Gasteiger partial charge in [0.25, 0.3) is 5.91 Å². The van der Waals surface area contributed by atoms with Crippen LogP contribution in [0.15, 0.2) is 24.3 Å². The van der Waals surface area contributed by atoms with Crippen molar-refractivity contribution in [3.63, 3.8) is 0 Å². The molecule has 3 N–H and O–H groups in total. The van der Waals surface area contributed by atoms with Crippen LogP contribution in [0, 0.1) is 5.82 Å². The number of amides is 1. The molecule has 18 heavy (non-hydrogen) atoms. The Morgan fingerprint density at radius 1 is 1.17 bits per heavy atom. The molecule has 1 aromatic rings. The van der Waals surface area contributed by atoms with E-state index in [0.29, 0.717) is 10.7 Å². The molecule has 0 aliphatic heterocycles. The minimum Gasteiger partial charge on any atom is -0.357 e. The van der Waals surface area contributed by atoms with E-state index in [-0.39, 0.29) is 17.3 Å². The molecule has 0 radical (unpaired) electrons. The van der Waals surface area contributed by atoms with Crippen LogP contribution in [0.5, 0.6) is 0 Å². The summed E-state index contributed by atoms with van der Waals surface area (Å²) in [7, 11) is 0. The first-order valence-electron chi connectivity index (χ1n) is 5.42. The second-order valence-electron chi connectivity index (χ2n) is 4.79. The molecule has 0 spiro atoms. The summed E-state index contributed by atoms with van der Waals surface area (Å²) in [5.74, 6) is -0.766. The zero-order chi connectivity index (χ0) is 13.8. The lowest BCUT2D eigenvalue weighted by atomic mass is 10.1. The molecule has 0 saturated heterocycles. The van der Waals surface area contributed by atoms with E-state index in [1.165, 1.54) is 24.3 Å². The molecule has 0 heterocycles. The summed E-state index contributed by atoms with van der Waals surface area (Å²) in [6, 6.07) is 5.24. The van der Waals surface area contributed by atoms with Gasteiger partial charge in [0.1, 0.15) is 5.82 Å². The van der Waals surface area contributed by atoms with Crippen LogP contribution in [0.25, 0.3) is 0 Å². The number of nitrogens with one attached hydrogen (secondary N) is 3. The van der Waals surface area contributed by atoms with Crippen LogP contribution < -0.4 is 16.2 Å². The van der Waals surface area contributed by atoms with E-state index >= 15 is 0 Å². The van der Waals surface area contributed by atoms with E-state index in [4.69, 9.17) is 12.2 Å². The Morgan fingerprint density at radius 2 is 1.72 bits per heavy atom. The van der Waals surface area contributed by atoms with Crippen LogP contribution in [0.3, 0.4) is 0 Å². The lowest BCUT2D eigenvalue weighted by molar-refractivity contribution is 0.0943. The minimum absolute atomic E-state index is 0.190. The molecule has 1 amide bonds. The predicted octanol–water partition coefficient (Wildman–Crippen LogP) is 1.73. The van der Waals surface area contributed by atoms with Crippen molar-refractivity contribution in [1.29, 1.82) is 0 Å². The third-order valence-electron chi connectivity index (χ3n) is 1.88. The maximum atomic E-state index is 12.7. The molecule has 0 aromatic heterocycles. The number of halogens is 1. The SMILES string of the molecule is CC(C)(C)NC(=S)NNC(=O)c1ccc(F)cc1. The Balaban J connectivity index is 2.47. The van der Waals surface area contributed by atoms with Crippen LogP contribution in [0.1, 0.15) is 31.1 Å². The average molecular weight is 269 g/mol. The lowest BCUT2D eigenvalue weighted by Crippen LogP contribution is -2.52. The Morgan fingerprint density at radius 3 is 2.22 bits per heavy atom. The predicted molar refractivity (Wildman–Crippen MR) is 72.5 cm³/mol. The first-order chi connectivity index (χ1) is 8.28. The third-order valence-corrected chi connectivity index (χ3v) is 2.09. The van der Waals surface area contributed by atoms with Gasteiger partial charge < -0.3 is 5.32 Å². The van der Waals surface area contributed by atoms with E-state index in [2.05, 4.69) is 16.2 Å². The van der Waals surface area contributed by atoms with Gasteiger partial charge in [0, 0.05) is 11.1 Å². The van der Waals surface area contributed by atoms with Gasteiger partial charge in [-0.15, -0.1) is 0 Å². The van der Waals surface area contributed by atoms with E-state index in [9.17, 15) is 9.18 Å². The molecule has 6 heteroatoms. The molecule has 0 unspecified atom stereocenters. The highest BCUT2D eigenvalue weighted by molar-refractivity contribution is 7.80. The van der Waals surface area contributed by atoms with Crippen LogP contribution in [-0.4, -0.2) is 16.6 Å². The molecule has 98 valence electrons. The van der Waals surface area contributed by atoms with Crippen molar-refractivity contribution in [2.45, 2.75) is 26.3 Å². The number of carbonyl (C=O) groups excluding carboxylic acids is 1. The number of hydrazine groups is 1. The van der Waals surface area contributed by atoms with E-state index in [1.54, 1.807) is 0 Å². The molecule has 4 nitrogen and oxygen atoms in total. The Kier molecular flexibility index (Phi) is 4.61. The fraction of sp³-hybridized carbons (Fsp3) is 0.333. The minimum atomic E-state index is -0.385. The zero-order valence-corrected chi connectivity index (χ0v) is 11.3. The summed E-state index contributed by atoms with van der Waals surface area (Å²) in [4.78, 5) is 11.6. The fourth-order valence-corrected chi connectivity index (χ4v) is 1.52. The van der Waals surface area contributed by atoms with Gasteiger partial charge in [-0.05, 0) is 57.3 Å². The van der Waals surface area contributed by atoms with E-state index < -0.39 is 0 Å². The quantitative estimate of drug-likeness (QED) is 0.537. The smallest absolute Gasteiger partial charge is 0.269 e. The monoisotopic (exact) mass is 269 g/mol. The Hall–Kier alpha value is -1.69. The lowest BCUT2D eigenvalue weighted by Gasteiger charge is -2.23. The van der Waals surface area contributed by atoms with Crippen molar-refractivity contribution in [2.75, 3.05) is 0 Å². The standard InChI is InChI=1S/C12H16FN3OS/c1-12(2,3)14-11(18)16-15-10(17)8-4-6-9(13)7-5-8/h4-7H,1-3H3,(H,15,17)(H2,14,16,18). The molecular weight excluding hydrogens is 253 g/mol. The first kappa shape index (κ1) is 14.4. The highest BCUT2D eigenvalue weighted by Gasteiger charge is 2.11.